The van der Waals surface area contributed by atoms with E-state index in [0.29, 0.717) is 64.7 Å². The van der Waals surface area contributed by atoms with Crippen molar-refractivity contribution in [1.29, 1.82) is 0 Å². The van der Waals surface area contributed by atoms with E-state index in [1.54, 1.807) is 42.3 Å². The highest BCUT2D eigenvalue weighted by Gasteiger charge is 2.21. The zero-order valence-corrected chi connectivity index (χ0v) is 17.6. The molecule has 0 fully saturated rings. The Balaban J connectivity index is 1.67. The van der Waals surface area contributed by atoms with Gasteiger partial charge in [-0.2, -0.15) is 5.10 Å². The lowest BCUT2D eigenvalue weighted by molar-refractivity contribution is 0.0924. The van der Waals surface area contributed by atoms with Crippen LogP contribution in [0.25, 0.3) is 22.8 Å². The number of amides is 1. The Hall–Kier alpha value is -3.13. The molecular formula is C21H22ClN5O3. The lowest BCUT2D eigenvalue weighted by Crippen LogP contribution is -2.35. The Morgan fingerprint density at radius 2 is 2.13 bits per heavy atom. The highest BCUT2D eigenvalue weighted by Crippen LogP contribution is 2.39. The Bertz CT molecular complexity index is 1080. The SMILES string of the molecule is CCCCOc1c(Cl)cc(-c2nccc(-c3cc4n(n3)CCNC4=O)n2)cc1OC. The van der Waals surface area contributed by atoms with Crippen LogP contribution in [0.5, 0.6) is 11.5 Å². The minimum Gasteiger partial charge on any atom is -0.493 e. The standard InChI is InChI=1S/C21H22ClN5O3/c1-3-4-9-30-19-14(22)10-13(11-18(19)29-2)20-23-6-5-15(25-20)16-12-17-21(28)24-7-8-27(17)26-16/h5-6,10-12H,3-4,7-9H2,1-2H3,(H,24,28). The smallest absolute Gasteiger partial charge is 0.269 e. The van der Waals surface area contributed by atoms with E-state index in [9.17, 15) is 4.79 Å². The number of ether oxygens (including phenoxy) is 2. The van der Waals surface area contributed by atoms with Crippen LogP contribution in [0.15, 0.2) is 30.5 Å². The summed E-state index contributed by atoms with van der Waals surface area (Å²) in [6.45, 7) is 3.85. The number of methoxy groups -OCH3 is 1. The highest BCUT2D eigenvalue weighted by molar-refractivity contribution is 6.32. The maximum atomic E-state index is 12.0. The second-order valence-electron chi connectivity index (χ2n) is 6.85. The maximum absolute atomic E-state index is 12.0. The summed E-state index contributed by atoms with van der Waals surface area (Å²) in [5.41, 5.74) is 2.45. The molecule has 3 aromatic rings. The molecule has 1 aliphatic heterocycles. The zero-order valence-electron chi connectivity index (χ0n) is 16.8. The summed E-state index contributed by atoms with van der Waals surface area (Å²) < 4.78 is 13.0. The van der Waals surface area contributed by atoms with Crippen molar-refractivity contribution < 1.29 is 14.3 Å². The summed E-state index contributed by atoms with van der Waals surface area (Å²) in [5.74, 6) is 1.38. The molecule has 4 rings (SSSR count). The van der Waals surface area contributed by atoms with Gasteiger partial charge in [0.1, 0.15) is 11.4 Å². The van der Waals surface area contributed by atoms with Crippen molar-refractivity contribution in [3.8, 4) is 34.3 Å². The number of hydrogen-bond donors (Lipinski definition) is 1. The molecule has 1 aliphatic rings. The van der Waals surface area contributed by atoms with Gasteiger partial charge in [0.15, 0.2) is 17.3 Å². The number of aromatic nitrogens is 4. The van der Waals surface area contributed by atoms with Crippen molar-refractivity contribution in [2.24, 2.45) is 0 Å². The van der Waals surface area contributed by atoms with Crippen LogP contribution in [-0.4, -0.2) is 45.9 Å². The number of carbonyl (C=O) groups is 1. The molecule has 8 nitrogen and oxygen atoms in total. The van der Waals surface area contributed by atoms with Gasteiger partial charge in [-0.25, -0.2) is 9.97 Å². The molecule has 9 heteroatoms. The first-order valence-electron chi connectivity index (χ1n) is 9.81. The van der Waals surface area contributed by atoms with Crippen LogP contribution < -0.4 is 14.8 Å². The number of nitrogens with zero attached hydrogens (tertiary/aromatic N) is 4. The number of rotatable bonds is 7. The van der Waals surface area contributed by atoms with Crippen molar-refractivity contribution in [2.45, 2.75) is 26.3 Å². The lowest BCUT2D eigenvalue weighted by Gasteiger charge is -2.14. The molecule has 0 atom stereocenters. The number of nitrogens with one attached hydrogen (secondary N) is 1. The van der Waals surface area contributed by atoms with E-state index in [0.717, 1.165) is 12.8 Å². The van der Waals surface area contributed by atoms with Crippen LogP contribution in [0.1, 0.15) is 30.3 Å². The molecule has 0 saturated heterocycles. The van der Waals surface area contributed by atoms with Gasteiger partial charge in [-0.15, -0.1) is 0 Å². The van der Waals surface area contributed by atoms with Crippen molar-refractivity contribution in [1.82, 2.24) is 25.1 Å². The summed E-state index contributed by atoms with van der Waals surface area (Å²) in [5, 5.41) is 7.75. The number of fused-ring (bicyclic) bond motifs is 1. The fraction of sp³-hybridized carbons (Fsp3) is 0.333. The molecule has 0 saturated carbocycles. The minimum absolute atomic E-state index is 0.135. The van der Waals surface area contributed by atoms with Crippen LogP contribution in [-0.2, 0) is 6.54 Å². The molecule has 30 heavy (non-hydrogen) atoms. The van der Waals surface area contributed by atoms with Crippen LogP contribution in [0, 0.1) is 0 Å². The molecule has 0 unspecified atom stereocenters. The Labute approximate surface area is 179 Å². The van der Waals surface area contributed by atoms with Crippen LogP contribution in [0.3, 0.4) is 0 Å². The number of unbranched alkanes of at least 4 members (excludes halogenated alkanes) is 1. The van der Waals surface area contributed by atoms with E-state index in [-0.39, 0.29) is 5.91 Å². The predicted molar refractivity (Wildman–Crippen MR) is 113 cm³/mol. The van der Waals surface area contributed by atoms with E-state index in [2.05, 4.69) is 27.3 Å². The van der Waals surface area contributed by atoms with Gasteiger partial charge in [0.25, 0.3) is 5.91 Å². The molecule has 1 aromatic carbocycles. The predicted octanol–water partition coefficient (Wildman–Crippen LogP) is 3.59. The topological polar surface area (TPSA) is 91.2 Å². The largest absolute Gasteiger partial charge is 0.493 e. The normalized spacial score (nSPS) is 13.0. The van der Waals surface area contributed by atoms with E-state index in [1.807, 2.05) is 0 Å². The fourth-order valence-electron chi connectivity index (χ4n) is 3.21. The third-order valence-electron chi connectivity index (χ3n) is 4.77. The molecule has 0 spiro atoms. The quantitative estimate of drug-likeness (QED) is 0.579. The van der Waals surface area contributed by atoms with Gasteiger partial charge in [0.05, 0.1) is 31.0 Å². The van der Waals surface area contributed by atoms with Gasteiger partial charge in [0.2, 0.25) is 0 Å². The maximum Gasteiger partial charge on any atom is 0.269 e. The van der Waals surface area contributed by atoms with Crippen LogP contribution in [0.2, 0.25) is 5.02 Å². The Kier molecular flexibility index (Phi) is 5.85. The average molecular weight is 428 g/mol. The molecule has 1 amide bonds. The number of hydrogen-bond acceptors (Lipinski definition) is 6. The van der Waals surface area contributed by atoms with Gasteiger partial charge >= 0.3 is 0 Å². The van der Waals surface area contributed by atoms with Crippen LogP contribution in [0.4, 0.5) is 0 Å². The third-order valence-corrected chi connectivity index (χ3v) is 5.05. The summed E-state index contributed by atoms with van der Waals surface area (Å²) in [6, 6.07) is 7.06. The van der Waals surface area contributed by atoms with Gasteiger partial charge in [-0.05, 0) is 30.7 Å². The summed E-state index contributed by atoms with van der Waals surface area (Å²) >= 11 is 6.46. The van der Waals surface area contributed by atoms with Crippen LogP contribution >= 0.6 is 11.6 Å². The Morgan fingerprint density at radius 3 is 2.90 bits per heavy atom. The highest BCUT2D eigenvalue weighted by atomic mass is 35.5. The van der Waals surface area contributed by atoms with Gasteiger partial charge in [-0.1, -0.05) is 24.9 Å². The second kappa shape index (κ2) is 8.71. The first-order chi connectivity index (χ1) is 14.6. The van der Waals surface area contributed by atoms with Gasteiger partial charge in [0, 0.05) is 18.3 Å². The fourth-order valence-corrected chi connectivity index (χ4v) is 3.47. The molecule has 2 aromatic heterocycles. The van der Waals surface area contributed by atoms with Crippen molar-refractivity contribution in [3.63, 3.8) is 0 Å². The van der Waals surface area contributed by atoms with E-state index in [4.69, 9.17) is 21.1 Å². The molecule has 0 bridgehead atoms. The Morgan fingerprint density at radius 1 is 1.27 bits per heavy atom. The first-order valence-corrected chi connectivity index (χ1v) is 10.2. The average Bonchev–Trinajstić information content (AvgIpc) is 3.20. The van der Waals surface area contributed by atoms with E-state index < -0.39 is 0 Å². The second-order valence-corrected chi connectivity index (χ2v) is 7.26. The summed E-state index contributed by atoms with van der Waals surface area (Å²) in [6.07, 6.45) is 3.61. The number of halogens is 1. The van der Waals surface area contributed by atoms with Crippen molar-refractivity contribution in [3.05, 3.63) is 41.2 Å². The molecular weight excluding hydrogens is 406 g/mol. The molecule has 1 N–H and O–H groups in total. The first kappa shape index (κ1) is 20.2. The third kappa shape index (κ3) is 3.95. The molecule has 0 radical (unpaired) electrons. The summed E-state index contributed by atoms with van der Waals surface area (Å²) in [4.78, 5) is 21.0. The lowest BCUT2D eigenvalue weighted by atomic mass is 10.1. The zero-order chi connectivity index (χ0) is 21.1. The molecule has 0 aliphatic carbocycles. The molecule has 3 heterocycles. The number of carbonyl (C=O) groups excluding carboxylic acids is 1. The minimum atomic E-state index is -0.135. The number of benzene rings is 1. The van der Waals surface area contributed by atoms with E-state index in [1.165, 1.54) is 0 Å². The molecule has 156 valence electrons. The van der Waals surface area contributed by atoms with E-state index >= 15 is 0 Å². The van der Waals surface area contributed by atoms with Crippen molar-refractivity contribution >= 4 is 17.5 Å². The van der Waals surface area contributed by atoms with Crippen molar-refractivity contribution in [2.75, 3.05) is 20.3 Å². The monoisotopic (exact) mass is 427 g/mol. The summed E-state index contributed by atoms with van der Waals surface area (Å²) in [7, 11) is 1.57. The van der Waals surface area contributed by atoms with Gasteiger partial charge < -0.3 is 14.8 Å². The van der Waals surface area contributed by atoms with Gasteiger partial charge in [-0.3, -0.25) is 9.48 Å².